The second-order valence-electron chi connectivity index (χ2n) is 4.84. The largest absolute Gasteiger partial charge is 0.481 e. The molecule has 0 bridgehead atoms. The summed E-state index contributed by atoms with van der Waals surface area (Å²) < 4.78 is 0.827. The summed E-state index contributed by atoms with van der Waals surface area (Å²) in [6.45, 7) is 4.14. The Morgan fingerprint density at radius 1 is 1.43 bits per heavy atom. The van der Waals surface area contributed by atoms with Gasteiger partial charge in [-0.3, -0.25) is 4.79 Å². The van der Waals surface area contributed by atoms with Gasteiger partial charge < -0.3 is 15.3 Å². The van der Waals surface area contributed by atoms with Gasteiger partial charge in [0.25, 0.3) is 0 Å². The molecule has 2 amide bonds. The zero-order valence-electron chi connectivity index (χ0n) is 11.9. The number of carboxylic acid groups (broad SMARTS) is 1. The Hall–Kier alpha value is -1.27. The highest BCUT2D eigenvalue weighted by Crippen LogP contribution is 2.26. The molecule has 0 aliphatic heterocycles. The zero-order valence-corrected chi connectivity index (χ0v) is 14.2. The van der Waals surface area contributed by atoms with Crippen LogP contribution in [0.5, 0.6) is 0 Å². The standard InChI is InChI=1S/C14H18BrClN2O3/c1-9(2)18(7-3-4-13(19)20)14(21)17-12-6-5-10(15)8-11(12)16/h5-6,8-9H,3-4,7H2,1-2H3,(H,17,21)(H,19,20). The lowest BCUT2D eigenvalue weighted by Crippen LogP contribution is -2.40. The number of urea groups is 1. The van der Waals surface area contributed by atoms with Crippen LogP contribution >= 0.6 is 27.5 Å². The Balaban J connectivity index is 2.70. The van der Waals surface area contributed by atoms with Gasteiger partial charge in [-0.2, -0.15) is 0 Å². The predicted molar refractivity (Wildman–Crippen MR) is 86.9 cm³/mol. The molecule has 0 radical (unpaired) electrons. The maximum absolute atomic E-state index is 12.3. The summed E-state index contributed by atoms with van der Waals surface area (Å²) in [5.41, 5.74) is 0.522. The van der Waals surface area contributed by atoms with Gasteiger partial charge in [-0.1, -0.05) is 27.5 Å². The molecule has 116 valence electrons. The number of hydrogen-bond donors (Lipinski definition) is 2. The summed E-state index contributed by atoms with van der Waals surface area (Å²) in [7, 11) is 0. The fourth-order valence-corrected chi connectivity index (χ4v) is 2.49. The summed E-state index contributed by atoms with van der Waals surface area (Å²) in [5.74, 6) is -0.866. The quantitative estimate of drug-likeness (QED) is 0.780. The van der Waals surface area contributed by atoms with Crippen LogP contribution in [0.3, 0.4) is 0 Å². The predicted octanol–water partition coefficient (Wildman–Crippen LogP) is 4.21. The Kier molecular flexibility index (Phi) is 6.98. The fraction of sp³-hybridized carbons (Fsp3) is 0.429. The maximum atomic E-state index is 12.3. The Morgan fingerprint density at radius 3 is 2.62 bits per heavy atom. The normalized spacial score (nSPS) is 10.5. The monoisotopic (exact) mass is 376 g/mol. The van der Waals surface area contributed by atoms with Crippen molar-refractivity contribution in [3.63, 3.8) is 0 Å². The van der Waals surface area contributed by atoms with Crippen molar-refractivity contribution in [3.05, 3.63) is 27.7 Å². The average Bonchev–Trinajstić information content (AvgIpc) is 2.37. The molecule has 21 heavy (non-hydrogen) atoms. The van der Waals surface area contributed by atoms with E-state index < -0.39 is 5.97 Å². The number of anilines is 1. The molecular formula is C14H18BrClN2O3. The molecule has 0 spiro atoms. The summed E-state index contributed by atoms with van der Waals surface area (Å²) >= 11 is 9.36. The highest BCUT2D eigenvalue weighted by Gasteiger charge is 2.18. The van der Waals surface area contributed by atoms with Crippen LogP contribution in [0, 0.1) is 0 Å². The van der Waals surface area contributed by atoms with Crippen LogP contribution in [0.2, 0.25) is 5.02 Å². The maximum Gasteiger partial charge on any atom is 0.322 e. The van der Waals surface area contributed by atoms with Crippen LogP contribution < -0.4 is 5.32 Å². The van der Waals surface area contributed by atoms with E-state index in [0.717, 1.165) is 4.47 Å². The van der Waals surface area contributed by atoms with Gasteiger partial charge in [-0.15, -0.1) is 0 Å². The van der Waals surface area contributed by atoms with Crippen molar-refractivity contribution < 1.29 is 14.7 Å². The van der Waals surface area contributed by atoms with Crippen molar-refractivity contribution in [2.24, 2.45) is 0 Å². The number of nitrogens with one attached hydrogen (secondary N) is 1. The molecule has 0 saturated heterocycles. The summed E-state index contributed by atoms with van der Waals surface area (Å²) in [5, 5.41) is 11.8. The van der Waals surface area contributed by atoms with Crippen molar-refractivity contribution in [1.29, 1.82) is 0 Å². The highest BCUT2D eigenvalue weighted by atomic mass is 79.9. The van der Waals surface area contributed by atoms with E-state index in [1.54, 1.807) is 23.1 Å². The molecule has 1 aromatic carbocycles. The average molecular weight is 378 g/mol. The second-order valence-corrected chi connectivity index (χ2v) is 6.16. The van der Waals surface area contributed by atoms with Crippen LogP contribution in [0.4, 0.5) is 10.5 Å². The molecule has 0 aromatic heterocycles. The smallest absolute Gasteiger partial charge is 0.322 e. The minimum Gasteiger partial charge on any atom is -0.481 e. The molecular weight excluding hydrogens is 360 g/mol. The molecule has 7 heteroatoms. The van der Waals surface area contributed by atoms with Gasteiger partial charge in [0, 0.05) is 23.5 Å². The molecule has 0 saturated carbocycles. The Labute approximate surface area is 137 Å². The van der Waals surface area contributed by atoms with E-state index in [4.69, 9.17) is 16.7 Å². The van der Waals surface area contributed by atoms with Crippen LogP contribution in [0.25, 0.3) is 0 Å². The fourth-order valence-electron chi connectivity index (χ4n) is 1.77. The van der Waals surface area contributed by atoms with E-state index >= 15 is 0 Å². The number of amides is 2. The second kappa shape index (κ2) is 8.24. The van der Waals surface area contributed by atoms with E-state index in [9.17, 15) is 9.59 Å². The number of halogens is 2. The van der Waals surface area contributed by atoms with Gasteiger partial charge in [0.15, 0.2) is 0 Å². The molecule has 5 nitrogen and oxygen atoms in total. The molecule has 0 aliphatic rings. The van der Waals surface area contributed by atoms with Gasteiger partial charge in [0.05, 0.1) is 10.7 Å². The minimum atomic E-state index is -0.866. The molecule has 0 heterocycles. The van der Waals surface area contributed by atoms with Crippen molar-refractivity contribution in [1.82, 2.24) is 4.90 Å². The number of carbonyl (C=O) groups excluding carboxylic acids is 1. The number of aliphatic carboxylic acids is 1. The summed E-state index contributed by atoms with van der Waals surface area (Å²) in [6.07, 6.45) is 0.449. The van der Waals surface area contributed by atoms with Crippen LogP contribution in [0.15, 0.2) is 22.7 Å². The Bertz CT molecular complexity index is 523. The van der Waals surface area contributed by atoms with E-state index in [0.29, 0.717) is 23.7 Å². The lowest BCUT2D eigenvalue weighted by Gasteiger charge is -2.27. The van der Waals surface area contributed by atoms with Gasteiger partial charge >= 0.3 is 12.0 Å². The minimum absolute atomic E-state index is 0.0342. The van der Waals surface area contributed by atoms with E-state index in [-0.39, 0.29) is 18.5 Å². The zero-order chi connectivity index (χ0) is 16.0. The van der Waals surface area contributed by atoms with Crippen molar-refractivity contribution in [2.75, 3.05) is 11.9 Å². The molecule has 2 N–H and O–H groups in total. The molecule has 0 fully saturated rings. The van der Waals surface area contributed by atoms with Crippen molar-refractivity contribution in [2.45, 2.75) is 32.7 Å². The third-order valence-electron chi connectivity index (χ3n) is 2.85. The first-order valence-corrected chi connectivity index (χ1v) is 7.73. The Morgan fingerprint density at radius 2 is 2.10 bits per heavy atom. The third kappa shape index (κ3) is 5.93. The highest BCUT2D eigenvalue weighted by molar-refractivity contribution is 9.10. The van der Waals surface area contributed by atoms with Crippen molar-refractivity contribution in [3.8, 4) is 0 Å². The van der Waals surface area contributed by atoms with E-state index in [1.807, 2.05) is 13.8 Å². The molecule has 0 atom stereocenters. The molecule has 0 aliphatic carbocycles. The number of nitrogens with zero attached hydrogens (tertiary/aromatic N) is 1. The lowest BCUT2D eigenvalue weighted by atomic mass is 10.2. The topological polar surface area (TPSA) is 69.6 Å². The van der Waals surface area contributed by atoms with Gasteiger partial charge in [0.1, 0.15) is 0 Å². The first kappa shape index (κ1) is 17.8. The lowest BCUT2D eigenvalue weighted by molar-refractivity contribution is -0.137. The van der Waals surface area contributed by atoms with Crippen LogP contribution in [-0.2, 0) is 4.79 Å². The number of rotatable bonds is 6. The van der Waals surface area contributed by atoms with Crippen LogP contribution in [0.1, 0.15) is 26.7 Å². The van der Waals surface area contributed by atoms with E-state index in [1.165, 1.54) is 0 Å². The van der Waals surface area contributed by atoms with Gasteiger partial charge in [0.2, 0.25) is 0 Å². The van der Waals surface area contributed by atoms with Crippen molar-refractivity contribution >= 4 is 45.2 Å². The number of carboxylic acids is 1. The summed E-state index contributed by atoms with van der Waals surface area (Å²) in [6, 6.07) is 4.86. The SMILES string of the molecule is CC(C)N(CCCC(=O)O)C(=O)Nc1ccc(Br)cc1Cl. The molecule has 0 unspecified atom stereocenters. The number of hydrogen-bond acceptors (Lipinski definition) is 2. The van der Waals surface area contributed by atoms with E-state index in [2.05, 4.69) is 21.2 Å². The van der Waals surface area contributed by atoms with Crippen LogP contribution in [-0.4, -0.2) is 34.6 Å². The number of benzene rings is 1. The number of carbonyl (C=O) groups is 2. The first-order chi connectivity index (χ1) is 9.81. The first-order valence-electron chi connectivity index (χ1n) is 6.55. The summed E-state index contributed by atoms with van der Waals surface area (Å²) in [4.78, 5) is 24.4. The molecule has 1 rings (SSSR count). The van der Waals surface area contributed by atoms with Gasteiger partial charge in [-0.25, -0.2) is 4.79 Å². The third-order valence-corrected chi connectivity index (χ3v) is 3.65. The van der Waals surface area contributed by atoms with Gasteiger partial charge in [-0.05, 0) is 38.5 Å². The molecule has 1 aromatic rings.